The topological polar surface area (TPSA) is 50.9 Å². The summed E-state index contributed by atoms with van der Waals surface area (Å²) in [6, 6.07) is 42.3. The van der Waals surface area contributed by atoms with Crippen molar-refractivity contribution >= 4 is 11.0 Å². The first kappa shape index (κ1) is 29.3. The molecule has 218 valence electrons. The first-order valence-corrected chi connectivity index (χ1v) is 14.4. The van der Waals surface area contributed by atoms with Gasteiger partial charge in [0.25, 0.3) is 0 Å². The number of phenolic OH excluding ortho intramolecular Hbond substituents is 1. The second kappa shape index (κ2) is 12.1. The van der Waals surface area contributed by atoms with E-state index in [-0.39, 0.29) is 26.8 Å². The van der Waals surface area contributed by atoms with Crippen LogP contribution in [0, 0.1) is 26.8 Å². The number of para-hydroxylation sites is 1. The number of hydrogen-bond donors (Lipinski definition) is 1. The summed E-state index contributed by atoms with van der Waals surface area (Å²) in [5, 5.41) is 11.3. The molecular formula is C39H30N3OPt-. The van der Waals surface area contributed by atoms with Crippen LogP contribution in [0.25, 0.3) is 61.6 Å². The Morgan fingerprint density at radius 1 is 0.659 bits per heavy atom. The minimum Gasteiger partial charge on any atom is -0.507 e. The normalized spacial score (nSPS) is 11.0. The smallest absolute Gasteiger partial charge is 0.148 e. The summed E-state index contributed by atoms with van der Waals surface area (Å²) < 4.78 is 2.20. The van der Waals surface area contributed by atoms with Crippen LogP contribution in [0.3, 0.4) is 0 Å². The van der Waals surface area contributed by atoms with Gasteiger partial charge in [-0.3, -0.25) is 9.55 Å². The summed E-state index contributed by atoms with van der Waals surface area (Å²) in [6.45, 7) is 6.40. The van der Waals surface area contributed by atoms with E-state index in [2.05, 4.69) is 84.9 Å². The summed E-state index contributed by atoms with van der Waals surface area (Å²) in [7, 11) is 0. The zero-order valence-electron chi connectivity index (χ0n) is 24.7. The fourth-order valence-electron chi connectivity index (χ4n) is 6.07. The van der Waals surface area contributed by atoms with E-state index in [1.165, 1.54) is 5.56 Å². The van der Waals surface area contributed by atoms with Gasteiger partial charge in [-0.15, -0.1) is 29.8 Å². The standard InChI is InChI=1S/C39H30N3O.Pt/c1-25-21-26(2)38(27(3)22-25)42-35-17-10-15-32(30-13-9-14-31(23-30)34-16-7-8-20-40-34)37(35)41-39(42)33-24-29(18-19-36(33)43)28-11-5-4-6-12-28;/h4-22,24,43H,1-3H3;/q-1;. The van der Waals surface area contributed by atoms with Gasteiger partial charge in [0.05, 0.1) is 22.3 Å². The maximum atomic E-state index is 11.3. The van der Waals surface area contributed by atoms with Crippen LogP contribution >= 0.6 is 0 Å². The van der Waals surface area contributed by atoms with Crippen LogP contribution in [-0.4, -0.2) is 19.6 Å². The number of phenols is 1. The van der Waals surface area contributed by atoms with Crippen molar-refractivity contribution < 1.29 is 26.2 Å². The average molecular weight is 752 g/mol. The third-order valence-electron chi connectivity index (χ3n) is 7.91. The van der Waals surface area contributed by atoms with Crippen molar-refractivity contribution in [2.75, 3.05) is 0 Å². The fourth-order valence-corrected chi connectivity index (χ4v) is 6.07. The largest absolute Gasteiger partial charge is 0.507 e. The van der Waals surface area contributed by atoms with E-state index in [9.17, 15) is 5.11 Å². The van der Waals surface area contributed by atoms with Crippen LogP contribution < -0.4 is 0 Å². The van der Waals surface area contributed by atoms with Crippen LogP contribution in [0.4, 0.5) is 0 Å². The number of imidazole rings is 1. The molecule has 7 aromatic rings. The third-order valence-corrected chi connectivity index (χ3v) is 7.91. The average Bonchev–Trinajstić information content (AvgIpc) is 3.41. The van der Waals surface area contributed by atoms with E-state index in [1.54, 1.807) is 12.3 Å². The van der Waals surface area contributed by atoms with Gasteiger partial charge in [0.15, 0.2) is 0 Å². The Morgan fingerprint density at radius 3 is 2.14 bits per heavy atom. The van der Waals surface area contributed by atoms with Crippen molar-refractivity contribution in [2.45, 2.75) is 20.8 Å². The second-order valence-corrected chi connectivity index (χ2v) is 11.0. The summed E-state index contributed by atoms with van der Waals surface area (Å²) in [4.78, 5) is 9.84. The quantitative estimate of drug-likeness (QED) is 0.178. The Balaban J connectivity index is 0.00000343. The number of aromatic nitrogens is 3. The number of hydrogen-bond acceptors (Lipinski definition) is 3. The number of aryl methyl sites for hydroxylation is 3. The van der Waals surface area contributed by atoms with Crippen molar-refractivity contribution in [2.24, 2.45) is 0 Å². The molecule has 0 aliphatic carbocycles. The first-order chi connectivity index (χ1) is 21.0. The second-order valence-electron chi connectivity index (χ2n) is 11.0. The van der Waals surface area contributed by atoms with Crippen LogP contribution in [0.5, 0.6) is 5.75 Å². The molecule has 0 saturated heterocycles. The van der Waals surface area contributed by atoms with Crippen molar-refractivity contribution in [1.29, 1.82) is 0 Å². The predicted molar refractivity (Wildman–Crippen MR) is 175 cm³/mol. The first-order valence-electron chi connectivity index (χ1n) is 14.4. The molecule has 0 amide bonds. The monoisotopic (exact) mass is 751 g/mol. The summed E-state index contributed by atoms with van der Waals surface area (Å²) in [5.41, 5.74) is 12.8. The Hall–Kier alpha value is -4.79. The van der Waals surface area contributed by atoms with Crippen molar-refractivity contribution in [3.05, 3.63) is 144 Å². The molecule has 0 aliphatic heterocycles. The van der Waals surface area contributed by atoms with Gasteiger partial charge in [0.2, 0.25) is 0 Å². The van der Waals surface area contributed by atoms with E-state index in [0.29, 0.717) is 11.4 Å². The van der Waals surface area contributed by atoms with Crippen molar-refractivity contribution in [3.63, 3.8) is 0 Å². The van der Waals surface area contributed by atoms with Gasteiger partial charge in [-0.05, 0) is 67.3 Å². The molecule has 4 nitrogen and oxygen atoms in total. The van der Waals surface area contributed by atoms with Crippen LogP contribution in [0.2, 0.25) is 0 Å². The number of nitrogens with zero attached hydrogens (tertiary/aromatic N) is 3. The van der Waals surface area contributed by atoms with E-state index in [1.807, 2.05) is 60.7 Å². The molecule has 0 atom stereocenters. The van der Waals surface area contributed by atoms with E-state index in [0.717, 1.165) is 61.4 Å². The molecule has 0 fully saturated rings. The molecule has 2 aromatic heterocycles. The minimum absolute atomic E-state index is 0. The van der Waals surface area contributed by atoms with E-state index >= 15 is 0 Å². The Morgan fingerprint density at radius 2 is 1.39 bits per heavy atom. The van der Waals surface area contributed by atoms with Gasteiger partial charge in [-0.25, -0.2) is 4.98 Å². The van der Waals surface area contributed by atoms with Gasteiger partial charge < -0.3 is 5.11 Å². The maximum Gasteiger partial charge on any atom is 0.148 e. The van der Waals surface area contributed by atoms with Crippen LogP contribution in [0.1, 0.15) is 16.7 Å². The Labute approximate surface area is 272 Å². The summed E-state index contributed by atoms with van der Waals surface area (Å²) in [5.74, 6) is 0.873. The number of aromatic hydroxyl groups is 1. The van der Waals surface area contributed by atoms with Crippen LogP contribution in [0.15, 0.2) is 121 Å². The van der Waals surface area contributed by atoms with Gasteiger partial charge in [-0.2, -0.15) is 0 Å². The molecular weight excluding hydrogens is 722 g/mol. The molecule has 1 N–H and O–H groups in total. The van der Waals surface area contributed by atoms with Gasteiger partial charge in [-0.1, -0.05) is 89.5 Å². The van der Waals surface area contributed by atoms with Crippen molar-refractivity contribution in [1.82, 2.24) is 14.5 Å². The van der Waals surface area contributed by atoms with Crippen LogP contribution in [-0.2, 0) is 21.1 Å². The van der Waals surface area contributed by atoms with Crippen molar-refractivity contribution in [3.8, 4) is 56.3 Å². The summed E-state index contributed by atoms with van der Waals surface area (Å²) >= 11 is 0. The number of fused-ring (bicyclic) bond motifs is 1. The van der Waals surface area contributed by atoms with Gasteiger partial charge >= 0.3 is 0 Å². The zero-order valence-corrected chi connectivity index (χ0v) is 26.9. The number of rotatable bonds is 5. The maximum absolute atomic E-state index is 11.3. The van der Waals surface area contributed by atoms with Gasteiger partial charge in [0, 0.05) is 33.0 Å². The molecule has 2 heterocycles. The molecule has 0 spiro atoms. The molecule has 5 heteroatoms. The minimum atomic E-state index is 0. The number of benzene rings is 5. The third kappa shape index (κ3) is 5.27. The molecule has 5 aromatic carbocycles. The Bertz CT molecular complexity index is 2090. The molecule has 0 bridgehead atoms. The van der Waals surface area contributed by atoms with E-state index < -0.39 is 0 Å². The summed E-state index contributed by atoms with van der Waals surface area (Å²) in [6.07, 6.45) is 1.80. The SMILES string of the molecule is Cc1cc(C)c(-n2c(-c3cc(-c4ccccc4)ccc3O)nc3c(-c4[c-]c(-c5ccccn5)ccc4)cccc32)c(C)c1.[Pt]. The fraction of sp³-hybridized carbons (Fsp3) is 0.0769. The molecule has 7 rings (SSSR count). The molecule has 0 unspecified atom stereocenters. The Kier molecular flexibility index (Phi) is 8.03. The number of pyridine rings is 1. The zero-order chi connectivity index (χ0) is 29.5. The predicted octanol–water partition coefficient (Wildman–Crippen LogP) is 9.52. The van der Waals surface area contributed by atoms with Gasteiger partial charge in [0.1, 0.15) is 11.6 Å². The molecule has 44 heavy (non-hydrogen) atoms. The molecule has 0 radical (unpaired) electrons. The van der Waals surface area contributed by atoms with E-state index in [4.69, 9.17) is 4.98 Å². The molecule has 0 aliphatic rings. The molecule has 0 saturated carbocycles.